The van der Waals surface area contributed by atoms with Crippen LogP contribution in [0.25, 0.3) is 10.9 Å². The first-order chi connectivity index (χ1) is 11.2. The van der Waals surface area contributed by atoms with Gasteiger partial charge >= 0.3 is 0 Å². The summed E-state index contributed by atoms with van der Waals surface area (Å²) in [4.78, 5) is 11.3. The second-order valence-electron chi connectivity index (χ2n) is 5.68. The lowest BCUT2D eigenvalue weighted by Gasteiger charge is -2.32. The molecule has 1 aliphatic heterocycles. The molecule has 1 saturated heterocycles. The molecule has 3 rings (SSSR count). The Labute approximate surface area is 135 Å². The summed E-state index contributed by atoms with van der Waals surface area (Å²) in [7, 11) is 5.21. The van der Waals surface area contributed by atoms with Crippen LogP contribution >= 0.6 is 0 Å². The Bertz CT molecular complexity index is 698. The van der Waals surface area contributed by atoms with Gasteiger partial charge in [0.15, 0.2) is 11.5 Å². The van der Waals surface area contributed by atoms with Crippen LogP contribution in [0.1, 0.15) is 12.8 Å². The Morgan fingerprint density at radius 3 is 2.39 bits per heavy atom. The molecule has 0 bridgehead atoms. The van der Waals surface area contributed by atoms with Crippen molar-refractivity contribution in [2.24, 2.45) is 0 Å². The van der Waals surface area contributed by atoms with Crippen LogP contribution in [-0.2, 0) is 0 Å². The SMILES string of the molecule is CNC1CCN(c2nc(N)c3cc(OC)c(OC)cc3n2)CC1. The van der Waals surface area contributed by atoms with Crippen molar-refractivity contribution < 1.29 is 9.47 Å². The molecule has 0 amide bonds. The van der Waals surface area contributed by atoms with E-state index in [1.807, 2.05) is 19.2 Å². The molecule has 1 fully saturated rings. The molecule has 0 saturated carbocycles. The van der Waals surface area contributed by atoms with E-state index in [9.17, 15) is 0 Å². The number of hydrogen-bond donors (Lipinski definition) is 2. The van der Waals surface area contributed by atoms with Crippen LogP contribution in [0, 0.1) is 0 Å². The highest BCUT2D eigenvalue weighted by molar-refractivity contribution is 5.91. The molecule has 1 aliphatic rings. The molecular formula is C16H23N5O2. The van der Waals surface area contributed by atoms with E-state index >= 15 is 0 Å². The summed E-state index contributed by atoms with van der Waals surface area (Å²) in [6, 6.07) is 4.23. The number of ether oxygens (including phenoxy) is 2. The first-order valence-corrected chi connectivity index (χ1v) is 7.77. The lowest BCUT2D eigenvalue weighted by molar-refractivity contribution is 0.356. The number of benzene rings is 1. The van der Waals surface area contributed by atoms with Crippen molar-refractivity contribution in [1.29, 1.82) is 0 Å². The fourth-order valence-corrected chi connectivity index (χ4v) is 2.98. The topological polar surface area (TPSA) is 85.5 Å². The van der Waals surface area contributed by atoms with Gasteiger partial charge in [-0.25, -0.2) is 4.98 Å². The average Bonchev–Trinajstić information content (AvgIpc) is 2.60. The number of nitrogens with one attached hydrogen (secondary N) is 1. The third kappa shape index (κ3) is 2.96. The second kappa shape index (κ2) is 6.45. The van der Waals surface area contributed by atoms with Crippen molar-refractivity contribution in [2.45, 2.75) is 18.9 Å². The molecule has 124 valence electrons. The van der Waals surface area contributed by atoms with Crippen molar-refractivity contribution in [3.8, 4) is 11.5 Å². The van der Waals surface area contributed by atoms with Crippen LogP contribution < -0.4 is 25.4 Å². The van der Waals surface area contributed by atoms with E-state index in [0.717, 1.165) is 36.8 Å². The first kappa shape index (κ1) is 15.6. The van der Waals surface area contributed by atoms with Crippen LogP contribution in [0.3, 0.4) is 0 Å². The molecule has 23 heavy (non-hydrogen) atoms. The molecule has 0 aliphatic carbocycles. The summed E-state index contributed by atoms with van der Waals surface area (Å²) in [6.07, 6.45) is 2.15. The van der Waals surface area contributed by atoms with Crippen molar-refractivity contribution in [3.63, 3.8) is 0 Å². The zero-order valence-corrected chi connectivity index (χ0v) is 13.8. The predicted molar refractivity (Wildman–Crippen MR) is 91.3 cm³/mol. The van der Waals surface area contributed by atoms with E-state index < -0.39 is 0 Å². The third-order valence-corrected chi connectivity index (χ3v) is 4.40. The van der Waals surface area contributed by atoms with Gasteiger partial charge in [-0.2, -0.15) is 4.98 Å². The number of anilines is 2. The number of methoxy groups -OCH3 is 2. The van der Waals surface area contributed by atoms with Crippen molar-refractivity contribution >= 4 is 22.7 Å². The molecule has 7 nitrogen and oxygen atoms in total. The summed E-state index contributed by atoms with van der Waals surface area (Å²) in [6.45, 7) is 1.84. The van der Waals surface area contributed by atoms with Crippen molar-refractivity contribution in [2.75, 3.05) is 45.0 Å². The molecule has 1 aromatic carbocycles. The number of piperidine rings is 1. The lowest BCUT2D eigenvalue weighted by Crippen LogP contribution is -2.41. The van der Waals surface area contributed by atoms with Crippen LogP contribution in [0.5, 0.6) is 11.5 Å². The third-order valence-electron chi connectivity index (χ3n) is 4.40. The summed E-state index contributed by atoms with van der Waals surface area (Å²) < 4.78 is 10.7. The molecule has 1 aromatic heterocycles. The molecule has 0 radical (unpaired) electrons. The van der Waals surface area contributed by atoms with Crippen LogP contribution in [-0.4, -0.2) is 50.4 Å². The summed E-state index contributed by atoms with van der Waals surface area (Å²) in [5, 5.41) is 4.10. The molecule has 7 heteroatoms. The van der Waals surface area contributed by atoms with E-state index in [-0.39, 0.29) is 0 Å². The quantitative estimate of drug-likeness (QED) is 0.882. The molecule has 0 spiro atoms. The number of hydrogen-bond acceptors (Lipinski definition) is 7. The number of fused-ring (bicyclic) bond motifs is 1. The smallest absolute Gasteiger partial charge is 0.227 e. The van der Waals surface area contributed by atoms with Crippen LogP contribution in [0.15, 0.2) is 12.1 Å². The molecule has 3 N–H and O–H groups in total. The average molecular weight is 317 g/mol. The predicted octanol–water partition coefficient (Wildman–Crippen LogP) is 1.42. The largest absolute Gasteiger partial charge is 0.493 e. The zero-order valence-electron chi connectivity index (χ0n) is 13.8. The van der Waals surface area contributed by atoms with E-state index in [1.54, 1.807) is 14.2 Å². The maximum absolute atomic E-state index is 6.15. The highest BCUT2D eigenvalue weighted by Crippen LogP contribution is 2.34. The van der Waals surface area contributed by atoms with Crippen LogP contribution in [0.2, 0.25) is 0 Å². The normalized spacial score (nSPS) is 15.9. The van der Waals surface area contributed by atoms with Gasteiger partial charge in [0.1, 0.15) is 5.82 Å². The highest BCUT2D eigenvalue weighted by atomic mass is 16.5. The van der Waals surface area contributed by atoms with Crippen molar-refractivity contribution in [3.05, 3.63) is 12.1 Å². The Balaban J connectivity index is 1.97. The standard InChI is InChI=1S/C16H23N5O2/c1-18-10-4-6-21(7-5-10)16-19-12-9-14(23-3)13(22-2)8-11(12)15(17)20-16/h8-10,18H,4-7H2,1-3H3,(H2,17,19,20). The zero-order chi connectivity index (χ0) is 16.4. The van der Waals surface area contributed by atoms with Gasteiger partial charge in [-0.3, -0.25) is 0 Å². The van der Waals surface area contributed by atoms with Gasteiger partial charge in [-0.15, -0.1) is 0 Å². The first-order valence-electron chi connectivity index (χ1n) is 7.77. The molecule has 0 unspecified atom stereocenters. The summed E-state index contributed by atoms with van der Waals surface area (Å²) in [5.41, 5.74) is 6.91. The van der Waals surface area contributed by atoms with Gasteiger partial charge in [0.25, 0.3) is 0 Å². The van der Waals surface area contributed by atoms with Gasteiger partial charge < -0.3 is 25.4 Å². The fraction of sp³-hybridized carbons (Fsp3) is 0.500. The van der Waals surface area contributed by atoms with Gasteiger partial charge in [0, 0.05) is 30.6 Å². The van der Waals surface area contributed by atoms with Crippen LogP contribution in [0.4, 0.5) is 11.8 Å². The number of nitrogens with two attached hydrogens (primary N) is 1. The van der Waals surface area contributed by atoms with E-state index in [2.05, 4.69) is 20.2 Å². The maximum atomic E-state index is 6.15. The Kier molecular flexibility index (Phi) is 4.38. The Hall–Kier alpha value is -2.28. The van der Waals surface area contributed by atoms with E-state index in [0.29, 0.717) is 29.3 Å². The number of nitrogens with zero attached hydrogens (tertiary/aromatic N) is 3. The van der Waals surface area contributed by atoms with E-state index in [1.165, 1.54) is 0 Å². The molecule has 2 aromatic rings. The monoisotopic (exact) mass is 317 g/mol. The Morgan fingerprint density at radius 2 is 1.78 bits per heavy atom. The highest BCUT2D eigenvalue weighted by Gasteiger charge is 2.21. The summed E-state index contributed by atoms with van der Waals surface area (Å²) in [5.74, 6) is 2.40. The Morgan fingerprint density at radius 1 is 1.13 bits per heavy atom. The molecule has 2 heterocycles. The van der Waals surface area contributed by atoms with Gasteiger partial charge in [0.05, 0.1) is 19.7 Å². The molecule has 0 atom stereocenters. The minimum atomic E-state index is 0.460. The minimum Gasteiger partial charge on any atom is -0.493 e. The summed E-state index contributed by atoms with van der Waals surface area (Å²) >= 11 is 0. The number of nitrogen functional groups attached to an aromatic ring is 1. The molecular weight excluding hydrogens is 294 g/mol. The minimum absolute atomic E-state index is 0.460. The van der Waals surface area contributed by atoms with Gasteiger partial charge in [0.2, 0.25) is 5.95 Å². The number of aromatic nitrogens is 2. The van der Waals surface area contributed by atoms with E-state index in [4.69, 9.17) is 15.2 Å². The second-order valence-corrected chi connectivity index (χ2v) is 5.68. The van der Waals surface area contributed by atoms with Gasteiger partial charge in [-0.1, -0.05) is 0 Å². The fourth-order valence-electron chi connectivity index (χ4n) is 2.98. The van der Waals surface area contributed by atoms with Crippen molar-refractivity contribution in [1.82, 2.24) is 15.3 Å². The lowest BCUT2D eigenvalue weighted by atomic mass is 10.1. The maximum Gasteiger partial charge on any atom is 0.227 e. The number of rotatable bonds is 4. The van der Waals surface area contributed by atoms with Gasteiger partial charge in [-0.05, 0) is 26.0 Å².